The number of aromatic nitrogens is 3. The lowest BCUT2D eigenvalue weighted by Gasteiger charge is -2.20. The molecule has 1 aliphatic rings. The van der Waals surface area contributed by atoms with E-state index in [1.807, 2.05) is 0 Å². The number of nitrogens with zero attached hydrogens (tertiary/aromatic N) is 2. The number of H-pyrrole nitrogens is 1. The average molecular weight is 236 g/mol. The first kappa shape index (κ1) is 12.1. The van der Waals surface area contributed by atoms with Crippen molar-refractivity contribution in [3.63, 3.8) is 0 Å². The molecule has 1 amide bonds. The predicted molar refractivity (Wildman–Crippen MR) is 64.3 cm³/mol. The topological polar surface area (TPSA) is 70.7 Å². The minimum absolute atomic E-state index is 0.238. The maximum absolute atomic E-state index is 11.8. The highest BCUT2D eigenvalue weighted by Crippen LogP contribution is 2.23. The number of amides is 1. The third-order valence-electron chi connectivity index (χ3n) is 3.33. The van der Waals surface area contributed by atoms with Crippen LogP contribution in [0.4, 0.5) is 0 Å². The van der Waals surface area contributed by atoms with Gasteiger partial charge in [-0.2, -0.15) is 5.10 Å². The van der Waals surface area contributed by atoms with Gasteiger partial charge in [0.05, 0.1) is 0 Å². The lowest BCUT2D eigenvalue weighted by atomic mass is 9.89. The third kappa shape index (κ3) is 3.84. The number of nitrogens with one attached hydrogen (secondary N) is 2. The molecule has 0 radical (unpaired) electrons. The molecule has 1 saturated carbocycles. The van der Waals surface area contributed by atoms with Crippen LogP contribution in [-0.4, -0.2) is 27.6 Å². The van der Waals surface area contributed by atoms with Gasteiger partial charge in [-0.05, 0) is 19.3 Å². The SMILES string of the molecule is O=C(NCCCc1ncn[nH]1)C1CCCCC1. The zero-order valence-electron chi connectivity index (χ0n) is 10.1. The van der Waals surface area contributed by atoms with Crippen molar-refractivity contribution in [3.05, 3.63) is 12.2 Å². The Balaban J connectivity index is 1.59. The molecule has 0 unspecified atom stereocenters. The smallest absolute Gasteiger partial charge is 0.223 e. The number of carbonyl (C=O) groups excluding carboxylic acids is 1. The summed E-state index contributed by atoms with van der Waals surface area (Å²) in [6, 6.07) is 0. The van der Waals surface area contributed by atoms with Crippen molar-refractivity contribution in [3.8, 4) is 0 Å². The maximum Gasteiger partial charge on any atom is 0.223 e. The number of hydrogen-bond acceptors (Lipinski definition) is 3. The number of rotatable bonds is 5. The van der Waals surface area contributed by atoms with Gasteiger partial charge in [-0.1, -0.05) is 19.3 Å². The Morgan fingerprint density at radius 3 is 2.94 bits per heavy atom. The summed E-state index contributed by atoms with van der Waals surface area (Å²) < 4.78 is 0. The van der Waals surface area contributed by atoms with Gasteiger partial charge in [-0.15, -0.1) is 0 Å². The lowest BCUT2D eigenvalue weighted by Crippen LogP contribution is -2.32. The second-order valence-electron chi connectivity index (χ2n) is 4.66. The van der Waals surface area contributed by atoms with Crippen LogP contribution in [0.1, 0.15) is 44.3 Å². The van der Waals surface area contributed by atoms with Crippen molar-refractivity contribution in [2.45, 2.75) is 44.9 Å². The summed E-state index contributed by atoms with van der Waals surface area (Å²) in [5.41, 5.74) is 0. The molecule has 0 atom stereocenters. The quantitative estimate of drug-likeness (QED) is 0.760. The van der Waals surface area contributed by atoms with Crippen molar-refractivity contribution in [1.29, 1.82) is 0 Å². The Bertz CT molecular complexity index is 330. The van der Waals surface area contributed by atoms with Gasteiger partial charge in [0.2, 0.25) is 5.91 Å². The molecule has 17 heavy (non-hydrogen) atoms. The molecular formula is C12H20N4O. The van der Waals surface area contributed by atoms with E-state index in [1.54, 1.807) is 0 Å². The third-order valence-corrected chi connectivity index (χ3v) is 3.33. The molecule has 1 fully saturated rings. The van der Waals surface area contributed by atoms with Crippen LogP contribution in [0, 0.1) is 5.92 Å². The van der Waals surface area contributed by atoms with Crippen molar-refractivity contribution in [1.82, 2.24) is 20.5 Å². The van der Waals surface area contributed by atoms with Crippen molar-refractivity contribution in [2.24, 2.45) is 5.92 Å². The fraction of sp³-hybridized carbons (Fsp3) is 0.750. The van der Waals surface area contributed by atoms with E-state index in [-0.39, 0.29) is 11.8 Å². The summed E-state index contributed by atoms with van der Waals surface area (Å²) in [7, 11) is 0. The summed E-state index contributed by atoms with van der Waals surface area (Å²) in [4.78, 5) is 15.9. The van der Waals surface area contributed by atoms with Gasteiger partial charge in [0.1, 0.15) is 12.2 Å². The van der Waals surface area contributed by atoms with Gasteiger partial charge >= 0.3 is 0 Å². The second-order valence-corrected chi connectivity index (χ2v) is 4.66. The first-order chi connectivity index (χ1) is 8.36. The fourth-order valence-corrected chi connectivity index (χ4v) is 2.33. The van der Waals surface area contributed by atoms with Gasteiger partial charge in [-0.3, -0.25) is 9.89 Å². The largest absolute Gasteiger partial charge is 0.356 e. The monoisotopic (exact) mass is 236 g/mol. The summed E-state index contributed by atoms with van der Waals surface area (Å²) in [5.74, 6) is 1.38. The Morgan fingerprint density at radius 2 is 2.24 bits per heavy atom. The molecule has 1 aromatic heterocycles. The molecule has 1 heterocycles. The van der Waals surface area contributed by atoms with Crippen LogP contribution in [0.15, 0.2) is 6.33 Å². The Labute approximate surface area is 101 Å². The van der Waals surface area contributed by atoms with E-state index < -0.39 is 0 Å². The van der Waals surface area contributed by atoms with E-state index in [0.29, 0.717) is 0 Å². The van der Waals surface area contributed by atoms with E-state index in [1.165, 1.54) is 25.6 Å². The molecule has 2 rings (SSSR count). The van der Waals surface area contributed by atoms with E-state index in [0.717, 1.165) is 38.1 Å². The van der Waals surface area contributed by atoms with E-state index in [9.17, 15) is 4.79 Å². The molecule has 5 nitrogen and oxygen atoms in total. The molecule has 0 saturated heterocycles. The number of aromatic amines is 1. The average Bonchev–Trinajstić information content (AvgIpc) is 2.88. The Morgan fingerprint density at radius 1 is 1.41 bits per heavy atom. The molecule has 0 spiro atoms. The Kier molecular flexibility index (Phi) is 4.53. The molecule has 0 bridgehead atoms. The zero-order valence-corrected chi connectivity index (χ0v) is 10.1. The van der Waals surface area contributed by atoms with Crippen LogP contribution in [0.2, 0.25) is 0 Å². The fourth-order valence-electron chi connectivity index (χ4n) is 2.33. The molecule has 5 heteroatoms. The molecule has 0 aromatic carbocycles. The van der Waals surface area contributed by atoms with E-state index in [2.05, 4.69) is 20.5 Å². The highest BCUT2D eigenvalue weighted by atomic mass is 16.1. The molecule has 0 aliphatic heterocycles. The minimum Gasteiger partial charge on any atom is -0.356 e. The number of carbonyl (C=O) groups is 1. The summed E-state index contributed by atoms with van der Waals surface area (Å²) in [5, 5.41) is 9.61. The van der Waals surface area contributed by atoms with Crippen LogP contribution in [-0.2, 0) is 11.2 Å². The highest BCUT2D eigenvalue weighted by molar-refractivity contribution is 5.78. The van der Waals surface area contributed by atoms with Crippen LogP contribution in [0.25, 0.3) is 0 Å². The van der Waals surface area contributed by atoms with Crippen molar-refractivity contribution >= 4 is 5.91 Å². The van der Waals surface area contributed by atoms with E-state index in [4.69, 9.17) is 0 Å². The molecule has 94 valence electrons. The van der Waals surface area contributed by atoms with Gasteiger partial charge in [0, 0.05) is 18.9 Å². The first-order valence-electron chi connectivity index (χ1n) is 6.48. The number of hydrogen-bond donors (Lipinski definition) is 2. The van der Waals surface area contributed by atoms with Gasteiger partial charge < -0.3 is 5.32 Å². The predicted octanol–water partition coefficient (Wildman–Crippen LogP) is 1.43. The summed E-state index contributed by atoms with van der Waals surface area (Å²) >= 11 is 0. The lowest BCUT2D eigenvalue weighted by molar-refractivity contribution is -0.125. The second kappa shape index (κ2) is 6.37. The molecule has 1 aliphatic carbocycles. The van der Waals surface area contributed by atoms with Crippen LogP contribution in [0.5, 0.6) is 0 Å². The number of aryl methyl sites for hydroxylation is 1. The zero-order chi connectivity index (χ0) is 11.9. The molecule has 2 N–H and O–H groups in total. The van der Waals surface area contributed by atoms with Crippen LogP contribution in [0.3, 0.4) is 0 Å². The van der Waals surface area contributed by atoms with E-state index >= 15 is 0 Å². The van der Waals surface area contributed by atoms with Gasteiger partial charge in [0.25, 0.3) is 0 Å². The van der Waals surface area contributed by atoms with Crippen LogP contribution >= 0.6 is 0 Å². The van der Waals surface area contributed by atoms with Gasteiger partial charge in [0.15, 0.2) is 0 Å². The van der Waals surface area contributed by atoms with Gasteiger partial charge in [-0.25, -0.2) is 4.98 Å². The molecular weight excluding hydrogens is 216 g/mol. The Hall–Kier alpha value is -1.39. The van der Waals surface area contributed by atoms with Crippen molar-refractivity contribution in [2.75, 3.05) is 6.54 Å². The van der Waals surface area contributed by atoms with Crippen molar-refractivity contribution < 1.29 is 4.79 Å². The highest BCUT2D eigenvalue weighted by Gasteiger charge is 2.20. The first-order valence-corrected chi connectivity index (χ1v) is 6.48. The minimum atomic E-state index is 0.238. The summed E-state index contributed by atoms with van der Waals surface area (Å²) in [6.07, 6.45) is 9.08. The normalized spacial score (nSPS) is 16.9. The molecule has 1 aromatic rings. The maximum atomic E-state index is 11.8. The van der Waals surface area contributed by atoms with Crippen LogP contribution < -0.4 is 5.32 Å². The standard InChI is InChI=1S/C12H20N4O/c17-12(10-5-2-1-3-6-10)13-8-4-7-11-14-9-15-16-11/h9-10H,1-8H2,(H,13,17)(H,14,15,16). The summed E-state index contributed by atoms with van der Waals surface area (Å²) in [6.45, 7) is 0.732.